The number of aromatic hydroxyl groups is 1. The van der Waals surface area contributed by atoms with Gasteiger partial charge in [-0.1, -0.05) is 61.5 Å². The van der Waals surface area contributed by atoms with Crippen LogP contribution in [0.4, 0.5) is 5.69 Å². The van der Waals surface area contributed by atoms with Crippen molar-refractivity contribution in [3.63, 3.8) is 0 Å². The number of aryl methyl sites for hydroxylation is 1. The zero-order valence-electron chi connectivity index (χ0n) is 18.5. The molecule has 0 saturated carbocycles. The lowest BCUT2D eigenvalue weighted by Crippen LogP contribution is -2.25. The van der Waals surface area contributed by atoms with Crippen molar-refractivity contribution in [3.8, 4) is 11.5 Å². The molecule has 7 heteroatoms. The Morgan fingerprint density at radius 3 is 2.52 bits per heavy atom. The van der Waals surface area contributed by atoms with Crippen LogP contribution in [0.1, 0.15) is 42.1 Å². The summed E-state index contributed by atoms with van der Waals surface area (Å²) in [6, 6.07) is 20.6. The summed E-state index contributed by atoms with van der Waals surface area (Å²) in [6.45, 7) is 4.13. The molecule has 0 fully saturated rings. The predicted octanol–water partition coefficient (Wildman–Crippen LogP) is 5.50. The Morgan fingerprint density at radius 2 is 1.82 bits per heavy atom. The summed E-state index contributed by atoms with van der Waals surface area (Å²) in [5, 5.41) is 25.3. The van der Waals surface area contributed by atoms with Gasteiger partial charge in [-0.05, 0) is 36.1 Å². The van der Waals surface area contributed by atoms with Gasteiger partial charge in [-0.15, -0.1) is 0 Å². The van der Waals surface area contributed by atoms with Crippen molar-refractivity contribution >= 4 is 23.3 Å². The Labute approximate surface area is 192 Å². The summed E-state index contributed by atoms with van der Waals surface area (Å²) < 4.78 is 5.52. The van der Waals surface area contributed by atoms with Gasteiger partial charge in [0.15, 0.2) is 5.75 Å². The molecule has 7 nitrogen and oxygen atoms in total. The normalized spacial score (nSPS) is 15.3. The summed E-state index contributed by atoms with van der Waals surface area (Å²) in [6.07, 6.45) is 2.49. The van der Waals surface area contributed by atoms with Gasteiger partial charge >= 0.3 is 5.69 Å². The summed E-state index contributed by atoms with van der Waals surface area (Å²) in [4.78, 5) is 15.7. The molecule has 0 bridgehead atoms. The number of benzene rings is 3. The van der Waals surface area contributed by atoms with Crippen LogP contribution in [0.2, 0.25) is 0 Å². The fraction of sp³-hybridized carbons (Fsp3) is 0.192. The molecule has 0 saturated heterocycles. The Hall–Kier alpha value is -4.13. The van der Waals surface area contributed by atoms with Gasteiger partial charge in [0.2, 0.25) is 5.75 Å². The van der Waals surface area contributed by atoms with Crippen LogP contribution >= 0.6 is 0 Å². The number of ether oxygens (including phenoxy) is 1. The predicted molar refractivity (Wildman–Crippen MR) is 129 cm³/mol. The van der Waals surface area contributed by atoms with Gasteiger partial charge < -0.3 is 15.2 Å². The molecule has 33 heavy (non-hydrogen) atoms. The van der Waals surface area contributed by atoms with Crippen LogP contribution in [0.3, 0.4) is 0 Å². The Kier molecular flexibility index (Phi) is 6.40. The van der Waals surface area contributed by atoms with Crippen molar-refractivity contribution in [3.05, 3.63) is 99.1 Å². The summed E-state index contributed by atoms with van der Waals surface area (Å²) >= 11 is 0. The summed E-state index contributed by atoms with van der Waals surface area (Å²) in [5.74, 6) is -0.397. The van der Waals surface area contributed by atoms with Crippen molar-refractivity contribution in [2.75, 3.05) is 6.61 Å². The largest absolute Gasteiger partial charge is 0.500 e. The fourth-order valence-corrected chi connectivity index (χ4v) is 4.00. The van der Waals surface area contributed by atoms with Crippen molar-refractivity contribution in [2.24, 2.45) is 4.99 Å². The van der Waals surface area contributed by atoms with E-state index in [9.17, 15) is 15.2 Å². The first-order chi connectivity index (χ1) is 16.0. The maximum absolute atomic E-state index is 11.7. The molecule has 1 aliphatic rings. The minimum atomic E-state index is -0.600. The van der Waals surface area contributed by atoms with E-state index in [4.69, 9.17) is 4.74 Å². The zero-order chi connectivity index (χ0) is 23.4. The summed E-state index contributed by atoms with van der Waals surface area (Å²) in [5.41, 5.74) is 4.95. The fourth-order valence-electron chi connectivity index (χ4n) is 4.00. The first-order valence-corrected chi connectivity index (χ1v) is 10.8. The molecule has 0 radical (unpaired) electrons. The lowest BCUT2D eigenvalue weighted by atomic mass is 9.87. The van der Waals surface area contributed by atoms with Gasteiger partial charge in [0.25, 0.3) is 0 Å². The standard InChI is InChI=1S/C26H25N3O4/c1-3-17-9-8-12-19(13-17)23-24(18-10-6-5-7-11-18)27-16-28-25(23)20-14-21(29(31)32)26(30)22(15-20)33-4-2/h5-16,25,30H,3-4H2,1-2H3,(H,27,28). The topological polar surface area (TPSA) is 97.0 Å². The quantitative estimate of drug-likeness (QED) is 0.371. The Bertz CT molecular complexity index is 1240. The molecule has 1 heterocycles. The van der Waals surface area contributed by atoms with Crippen molar-refractivity contribution in [2.45, 2.75) is 26.3 Å². The summed E-state index contributed by atoms with van der Waals surface area (Å²) in [7, 11) is 0. The van der Waals surface area contributed by atoms with Crippen LogP contribution in [0.15, 0.2) is 71.7 Å². The van der Waals surface area contributed by atoms with Crippen LogP contribution in [-0.4, -0.2) is 23.0 Å². The van der Waals surface area contributed by atoms with E-state index in [-0.39, 0.29) is 12.4 Å². The highest BCUT2D eigenvalue weighted by atomic mass is 16.6. The first kappa shape index (κ1) is 22.1. The Balaban J connectivity index is 1.97. The highest BCUT2D eigenvalue weighted by Gasteiger charge is 2.29. The Morgan fingerprint density at radius 1 is 1.06 bits per heavy atom. The molecule has 168 valence electrons. The molecule has 3 aromatic carbocycles. The third-order valence-corrected chi connectivity index (χ3v) is 5.58. The van der Waals surface area contributed by atoms with E-state index in [1.54, 1.807) is 19.3 Å². The van der Waals surface area contributed by atoms with E-state index in [1.807, 2.05) is 42.5 Å². The third-order valence-electron chi connectivity index (χ3n) is 5.58. The van der Waals surface area contributed by atoms with Gasteiger partial charge in [0, 0.05) is 17.2 Å². The van der Waals surface area contributed by atoms with Crippen molar-refractivity contribution in [1.29, 1.82) is 0 Å². The van der Waals surface area contributed by atoms with Gasteiger partial charge in [-0.25, -0.2) is 4.99 Å². The molecular formula is C26H25N3O4. The van der Waals surface area contributed by atoms with E-state index in [1.165, 1.54) is 11.6 Å². The highest BCUT2D eigenvalue weighted by molar-refractivity contribution is 5.98. The molecule has 3 aromatic rings. The molecule has 2 N–H and O–H groups in total. The second kappa shape index (κ2) is 9.56. The van der Waals surface area contributed by atoms with E-state index in [2.05, 4.69) is 29.4 Å². The van der Waals surface area contributed by atoms with E-state index >= 15 is 0 Å². The first-order valence-electron chi connectivity index (χ1n) is 10.8. The van der Waals surface area contributed by atoms with Crippen LogP contribution < -0.4 is 10.1 Å². The van der Waals surface area contributed by atoms with Crippen LogP contribution in [-0.2, 0) is 6.42 Å². The van der Waals surface area contributed by atoms with Crippen LogP contribution in [0, 0.1) is 10.1 Å². The maximum atomic E-state index is 11.7. The second-order valence-electron chi connectivity index (χ2n) is 7.62. The van der Waals surface area contributed by atoms with Crippen molar-refractivity contribution in [1.82, 2.24) is 5.32 Å². The number of hydrogen-bond donors (Lipinski definition) is 2. The smallest absolute Gasteiger partial charge is 0.315 e. The van der Waals surface area contributed by atoms with Gasteiger partial charge in [0.05, 0.1) is 29.6 Å². The minimum Gasteiger partial charge on any atom is -0.500 e. The molecule has 0 aliphatic carbocycles. The van der Waals surface area contributed by atoms with E-state index < -0.39 is 22.4 Å². The number of nitro benzene ring substituents is 1. The molecule has 1 unspecified atom stereocenters. The molecule has 0 amide bonds. The number of phenols is 1. The van der Waals surface area contributed by atoms with Gasteiger partial charge in [0.1, 0.15) is 0 Å². The van der Waals surface area contributed by atoms with Crippen LogP contribution in [0.25, 0.3) is 11.3 Å². The number of aliphatic imine (C=N–C) groups is 1. The molecule has 1 atom stereocenters. The lowest BCUT2D eigenvalue weighted by Gasteiger charge is -2.28. The number of nitrogens with one attached hydrogen (secondary N) is 1. The number of rotatable bonds is 7. The van der Waals surface area contributed by atoms with Crippen LogP contribution in [0.5, 0.6) is 11.5 Å². The number of nitro groups is 1. The minimum absolute atomic E-state index is 0.0777. The average molecular weight is 444 g/mol. The lowest BCUT2D eigenvalue weighted by molar-refractivity contribution is -0.386. The second-order valence-corrected chi connectivity index (χ2v) is 7.62. The zero-order valence-corrected chi connectivity index (χ0v) is 18.5. The molecule has 0 spiro atoms. The van der Waals surface area contributed by atoms with Crippen molar-refractivity contribution < 1.29 is 14.8 Å². The highest BCUT2D eigenvalue weighted by Crippen LogP contribution is 2.44. The van der Waals surface area contributed by atoms with Gasteiger partial charge in [-0.3, -0.25) is 10.1 Å². The monoisotopic (exact) mass is 443 g/mol. The maximum Gasteiger partial charge on any atom is 0.315 e. The number of nitrogens with zero attached hydrogens (tertiary/aromatic N) is 2. The molecule has 0 aromatic heterocycles. The number of hydrogen-bond acceptors (Lipinski definition) is 6. The van der Waals surface area contributed by atoms with E-state index in [0.29, 0.717) is 5.56 Å². The number of phenolic OH excluding ortho intramolecular Hbond substituents is 1. The average Bonchev–Trinajstić information content (AvgIpc) is 2.85. The van der Waals surface area contributed by atoms with E-state index in [0.717, 1.165) is 28.8 Å². The molecular weight excluding hydrogens is 418 g/mol. The molecule has 4 rings (SSSR count). The van der Waals surface area contributed by atoms with Gasteiger partial charge in [-0.2, -0.15) is 0 Å². The third kappa shape index (κ3) is 4.43. The molecule has 1 aliphatic heterocycles. The SMILES string of the molecule is CCOc1cc(C2NC=NC(c3ccccc3)=C2c2cccc(CC)c2)cc([N+](=O)[O-])c1O.